The molecule has 0 aromatic carbocycles. The van der Waals surface area contributed by atoms with Crippen molar-refractivity contribution in [3.63, 3.8) is 0 Å². The molecule has 0 aromatic heterocycles. The molecule has 0 spiro atoms. The average Bonchev–Trinajstić information content (AvgIpc) is 2.32. The van der Waals surface area contributed by atoms with Gasteiger partial charge in [0.15, 0.2) is 0 Å². The van der Waals surface area contributed by atoms with Crippen molar-refractivity contribution in [1.82, 2.24) is 0 Å². The lowest BCUT2D eigenvalue weighted by molar-refractivity contribution is 0.196. The van der Waals surface area contributed by atoms with Crippen LogP contribution in [0.2, 0.25) is 0 Å². The van der Waals surface area contributed by atoms with Crippen LogP contribution in [-0.2, 0) is 0 Å². The number of aliphatic hydroxyl groups excluding tert-OH is 3. The number of hydrogen-bond donors (Lipinski definition) is 3. The number of aliphatic hydroxyl groups is 3. The Morgan fingerprint density at radius 1 is 1.11 bits per heavy atom. The summed E-state index contributed by atoms with van der Waals surface area (Å²) in [5.74, 6) is 0. The summed E-state index contributed by atoms with van der Waals surface area (Å²) in [6.45, 7) is 9.31. The van der Waals surface area contributed by atoms with Crippen LogP contribution in [0.5, 0.6) is 0 Å². The van der Waals surface area contributed by atoms with Gasteiger partial charge >= 0.3 is 0 Å². The van der Waals surface area contributed by atoms with E-state index in [1.165, 1.54) is 0 Å². The standard InChI is InChI=1S/C15H26O3/c1-11(2)14(17)8-6-13(4)15(18)7-5-12(3)9-10-16/h6,9,14-18H,1,5,7-8,10H2,2-4H3/b12-9+,13-6+. The first-order valence-corrected chi connectivity index (χ1v) is 6.33. The van der Waals surface area contributed by atoms with E-state index in [9.17, 15) is 10.2 Å². The Hall–Kier alpha value is -0.900. The van der Waals surface area contributed by atoms with Crippen molar-refractivity contribution in [2.24, 2.45) is 0 Å². The Bertz CT molecular complexity index is 316. The van der Waals surface area contributed by atoms with Gasteiger partial charge in [-0.3, -0.25) is 0 Å². The molecule has 0 aromatic rings. The summed E-state index contributed by atoms with van der Waals surface area (Å²) in [4.78, 5) is 0. The number of rotatable bonds is 8. The molecule has 0 saturated carbocycles. The molecule has 0 radical (unpaired) electrons. The van der Waals surface area contributed by atoms with Gasteiger partial charge in [0.05, 0.1) is 18.8 Å². The maximum atomic E-state index is 9.92. The topological polar surface area (TPSA) is 60.7 Å². The minimum atomic E-state index is -0.539. The van der Waals surface area contributed by atoms with E-state index >= 15 is 0 Å². The first-order valence-electron chi connectivity index (χ1n) is 6.33. The highest BCUT2D eigenvalue weighted by molar-refractivity contribution is 5.10. The maximum absolute atomic E-state index is 9.92. The fraction of sp³-hybridized carbons (Fsp3) is 0.600. The quantitative estimate of drug-likeness (QED) is 0.583. The first kappa shape index (κ1) is 17.1. The van der Waals surface area contributed by atoms with E-state index in [1.54, 1.807) is 13.0 Å². The van der Waals surface area contributed by atoms with E-state index in [0.29, 0.717) is 12.8 Å². The third-order valence-electron chi connectivity index (χ3n) is 3.01. The molecule has 0 saturated heterocycles. The van der Waals surface area contributed by atoms with Crippen molar-refractivity contribution in [1.29, 1.82) is 0 Å². The normalized spacial score (nSPS) is 16.6. The summed E-state index contributed by atoms with van der Waals surface area (Å²) in [6.07, 6.45) is 4.45. The summed E-state index contributed by atoms with van der Waals surface area (Å²) in [5.41, 5.74) is 2.67. The van der Waals surface area contributed by atoms with E-state index in [4.69, 9.17) is 5.11 Å². The van der Waals surface area contributed by atoms with Crippen LogP contribution < -0.4 is 0 Å². The lowest BCUT2D eigenvalue weighted by atomic mass is 10.0. The van der Waals surface area contributed by atoms with E-state index in [0.717, 1.165) is 23.1 Å². The molecule has 2 atom stereocenters. The summed E-state index contributed by atoms with van der Waals surface area (Å²) in [6, 6.07) is 0. The predicted octanol–water partition coefficient (Wildman–Crippen LogP) is 2.34. The Kier molecular flexibility index (Phi) is 8.63. The van der Waals surface area contributed by atoms with Gasteiger partial charge in [-0.2, -0.15) is 0 Å². The Morgan fingerprint density at radius 2 is 1.72 bits per heavy atom. The van der Waals surface area contributed by atoms with Gasteiger partial charge in [0.25, 0.3) is 0 Å². The van der Waals surface area contributed by atoms with Crippen LogP contribution in [0.15, 0.2) is 35.5 Å². The monoisotopic (exact) mass is 254 g/mol. The van der Waals surface area contributed by atoms with Gasteiger partial charge in [-0.1, -0.05) is 29.9 Å². The van der Waals surface area contributed by atoms with Gasteiger partial charge in [-0.05, 0) is 45.6 Å². The molecule has 0 heterocycles. The van der Waals surface area contributed by atoms with Crippen LogP contribution in [0.25, 0.3) is 0 Å². The highest BCUT2D eigenvalue weighted by Crippen LogP contribution is 2.14. The van der Waals surface area contributed by atoms with Gasteiger partial charge in [0, 0.05) is 0 Å². The van der Waals surface area contributed by atoms with Crippen molar-refractivity contribution in [3.8, 4) is 0 Å². The highest BCUT2D eigenvalue weighted by atomic mass is 16.3. The van der Waals surface area contributed by atoms with Gasteiger partial charge in [0.2, 0.25) is 0 Å². The first-order chi connectivity index (χ1) is 8.38. The lowest BCUT2D eigenvalue weighted by Crippen LogP contribution is -2.10. The van der Waals surface area contributed by atoms with Crippen molar-refractivity contribution in [3.05, 3.63) is 35.5 Å². The predicted molar refractivity (Wildman–Crippen MR) is 75.3 cm³/mol. The van der Waals surface area contributed by atoms with Crippen LogP contribution >= 0.6 is 0 Å². The molecule has 3 N–H and O–H groups in total. The van der Waals surface area contributed by atoms with E-state index < -0.39 is 12.2 Å². The molecule has 0 aliphatic heterocycles. The van der Waals surface area contributed by atoms with Gasteiger partial charge in [-0.15, -0.1) is 0 Å². The van der Waals surface area contributed by atoms with Crippen LogP contribution in [0, 0.1) is 0 Å². The number of allylic oxidation sites excluding steroid dienone is 1. The van der Waals surface area contributed by atoms with E-state index in [2.05, 4.69) is 6.58 Å². The van der Waals surface area contributed by atoms with Gasteiger partial charge in [0.1, 0.15) is 0 Å². The zero-order valence-corrected chi connectivity index (χ0v) is 11.7. The fourth-order valence-corrected chi connectivity index (χ4v) is 1.48. The third kappa shape index (κ3) is 7.43. The zero-order valence-electron chi connectivity index (χ0n) is 11.7. The molecular formula is C15H26O3. The minimum Gasteiger partial charge on any atom is -0.392 e. The largest absolute Gasteiger partial charge is 0.392 e. The van der Waals surface area contributed by atoms with Crippen LogP contribution in [0.4, 0.5) is 0 Å². The summed E-state index contributed by atoms with van der Waals surface area (Å²) < 4.78 is 0. The van der Waals surface area contributed by atoms with Crippen LogP contribution in [-0.4, -0.2) is 34.1 Å². The van der Waals surface area contributed by atoms with Crippen molar-refractivity contribution < 1.29 is 15.3 Å². The summed E-state index contributed by atoms with van der Waals surface area (Å²) in [5, 5.41) is 28.2. The van der Waals surface area contributed by atoms with E-state index in [-0.39, 0.29) is 6.61 Å². The lowest BCUT2D eigenvalue weighted by Gasteiger charge is -2.13. The molecule has 0 aliphatic rings. The Balaban J connectivity index is 4.17. The molecule has 3 nitrogen and oxygen atoms in total. The molecule has 104 valence electrons. The maximum Gasteiger partial charge on any atom is 0.0779 e. The SMILES string of the molecule is C=C(C)C(O)C/C=C(\C)C(O)CC/C(C)=C/CO. The second kappa shape index (κ2) is 9.09. The average molecular weight is 254 g/mol. The fourth-order valence-electron chi connectivity index (χ4n) is 1.48. The minimum absolute atomic E-state index is 0.0432. The molecule has 0 rings (SSSR count). The molecule has 0 aliphatic carbocycles. The Morgan fingerprint density at radius 3 is 2.22 bits per heavy atom. The second-order valence-electron chi connectivity index (χ2n) is 4.83. The summed E-state index contributed by atoms with van der Waals surface area (Å²) >= 11 is 0. The summed E-state index contributed by atoms with van der Waals surface area (Å²) in [7, 11) is 0. The van der Waals surface area contributed by atoms with Crippen molar-refractivity contribution >= 4 is 0 Å². The van der Waals surface area contributed by atoms with Gasteiger partial charge < -0.3 is 15.3 Å². The van der Waals surface area contributed by atoms with E-state index in [1.807, 2.05) is 19.9 Å². The molecular weight excluding hydrogens is 228 g/mol. The molecule has 2 unspecified atom stereocenters. The van der Waals surface area contributed by atoms with Crippen LogP contribution in [0.1, 0.15) is 40.0 Å². The second-order valence-corrected chi connectivity index (χ2v) is 4.83. The molecule has 3 heteroatoms. The molecule has 0 bridgehead atoms. The zero-order chi connectivity index (χ0) is 14.1. The highest BCUT2D eigenvalue weighted by Gasteiger charge is 2.08. The van der Waals surface area contributed by atoms with Crippen molar-refractivity contribution in [2.75, 3.05) is 6.61 Å². The Labute approximate surface area is 110 Å². The van der Waals surface area contributed by atoms with Crippen molar-refractivity contribution in [2.45, 2.75) is 52.2 Å². The number of hydrogen-bond acceptors (Lipinski definition) is 3. The third-order valence-corrected chi connectivity index (χ3v) is 3.01. The molecule has 18 heavy (non-hydrogen) atoms. The smallest absolute Gasteiger partial charge is 0.0779 e. The molecule has 0 amide bonds. The molecule has 0 fully saturated rings. The van der Waals surface area contributed by atoms with Crippen LogP contribution in [0.3, 0.4) is 0 Å². The van der Waals surface area contributed by atoms with Gasteiger partial charge in [-0.25, -0.2) is 0 Å².